The van der Waals surface area contributed by atoms with Crippen LogP contribution in [0.25, 0.3) is 0 Å². The summed E-state index contributed by atoms with van der Waals surface area (Å²) in [6.45, 7) is 8.02. The zero-order chi connectivity index (χ0) is 12.5. The number of ether oxygens (including phenoxy) is 2. The third-order valence-corrected chi connectivity index (χ3v) is 3.07. The fourth-order valence-electron chi connectivity index (χ4n) is 2.25. The number of nitrogens with one attached hydrogen (secondary N) is 1. The molecule has 1 unspecified atom stereocenters. The van der Waals surface area contributed by atoms with Gasteiger partial charge in [-0.25, -0.2) is 0 Å². The molecule has 0 saturated carbocycles. The van der Waals surface area contributed by atoms with Crippen LogP contribution in [0.1, 0.15) is 31.1 Å². The van der Waals surface area contributed by atoms with E-state index in [0.29, 0.717) is 0 Å². The summed E-state index contributed by atoms with van der Waals surface area (Å²) in [7, 11) is 1.70. The second-order valence-corrected chi connectivity index (χ2v) is 5.24. The molecular weight excluding hydrogens is 214 g/mol. The largest absolute Gasteiger partial charge is 0.496 e. The molecule has 0 aromatic heterocycles. The molecule has 1 aliphatic heterocycles. The summed E-state index contributed by atoms with van der Waals surface area (Å²) in [6.07, 6.45) is 0.0635. The quantitative estimate of drug-likeness (QED) is 0.854. The van der Waals surface area contributed by atoms with E-state index in [1.807, 2.05) is 6.07 Å². The van der Waals surface area contributed by atoms with E-state index in [4.69, 9.17) is 9.47 Å². The van der Waals surface area contributed by atoms with Crippen molar-refractivity contribution in [3.63, 3.8) is 0 Å². The van der Waals surface area contributed by atoms with Gasteiger partial charge in [0.1, 0.15) is 5.75 Å². The molecule has 94 valence electrons. The van der Waals surface area contributed by atoms with E-state index < -0.39 is 0 Å². The third-order valence-electron chi connectivity index (χ3n) is 3.07. The Labute approximate surface area is 103 Å². The smallest absolute Gasteiger partial charge is 0.124 e. The number of morpholine rings is 1. The molecule has 0 spiro atoms. The van der Waals surface area contributed by atoms with Gasteiger partial charge in [-0.15, -0.1) is 0 Å². The first-order valence-electron chi connectivity index (χ1n) is 6.05. The molecule has 0 amide bonds. The Kier molecular flexibility index (Phi) is 3.40. The van der Waals surface area contributed by atoms with Crippen LogP contribution in [0.3, 0.4) is 0 Å². The second kappa shape index (κ2) is 4.67. The Bertz CT molecular complexity index is 401. The monoisotopic (exact) mass is 235 g/mol. The molecule has 1 aliphatic rings. The van der Waals surface area contributed by atoms with Crippen molar-refractivity contribution in [2.24, 2.45) is 0 Å². The van der Waals surface area contributed by atoms with Crippen LogP contribution in [0.4, 0.5) is 0 Å². The molecule has 17 heavy (non-hydrogen) atoms. The summed E-state index contributed by atoms with van der Waals surface area (Å²) < 4.78 is 11.5. The predicted molar refractivity (Wildman–Crippen MR) is 68.5 cm³/mol. The van der Waals surface area contributed by atoms with Gasteiger partial charge in [0, 0.05) is 18.7 Å². The molecule has 1 saturated heterocycles. The lowest BCUT2D eigenvalue weighted by atomic mass is 10.0. The highest BCUT2D eigenvalue weighted by atomic mass is 16.5. The van der Waals surface area contributed by atoms with Crippen LogP contribution < -0.4 is 10.1 Å². The number of hydrogen-bond donors (Lipinski definition) is 1. The van der Waals surface area contributed by atoms with Gasteiger partial charge in [0.15, 0.2) is 0 Å². The van der Waals surface area contributed by atoms with E-state index in [0.717, 1.165) is 24.4 Å². The second-order valence-electron chi connectivity index (χ2n) is 5.24. The summed E-state index contributed by atoms with van der Waals surface area (Å²) in [5, 5.41) is 3.41. The molecule has 3 heteroatoms. The number of benzene rings is 1. The van der Waals surface area contributed by atoms with Crippen molar-refractivity contribution >= 4 is 0 Å². The van der Waals surface area contributed by atoms with Gasteiger partial charge < -0.3 is 14.8 Å². The molecule has 1 fully saturated rings. The minimum absolute atomic E-state index is 0.0635. The Morgan fingerprint density at radius 1 is 1.41 bits per heavy atom. The van der Waals surface area contributed by atoms with Crippen molar-refractivity contribution in [2.45, 2.75) is 32.5 Å². The van der Waals surface area contributed by atoms with E-state index in [2.05, 4.69) is 38.2 Å². The molecule has 0 radical (unpaired) electrons. The molecule has 3 nitrogen and oxygen atoms in total. The van der Waals surface area contributed by atoms with Crippen molar-refractivity contribution in [1.82, 2.24) is 5.32 Å². The Morgan fingerprint density at radius 3 is 2.82 bits per heavy atom. The number of aryl methyl sites for hydroxylation is 1. The highest BCUT2D eigenvalue weighted by Crippen LogP contribution is 2.33. The van der Waals surface area contributed by atoms with Crippen LogP contribution in [0.5, 0.6) is 5.75 Å². The van der Waals surface area contributed by atoms with Crippen molar-refractivity contribution < 1.29 is 9.47 Å². The minimum Gasteiger partial charge on any atom is -0.496 e. The number of rotatable bonds is 2. The summed E-state index contributed by atoms with van der Waals surface area (Å²) in [6, 6.07) is 6.21. The zero-order valence-corrected chi connectivity index (χ0v) is 11.0. The first-order valence-corrected chi connectivity index (χ1v) is 6.05. The van der Waals surface area contributed by atoms with Gasteiger partial charge >= 0.3 is 0 Å². The van der Waals surface area contributed by atoms with E-state index in [-0.39, 0.29) is 11.7 Å². The summed E-state index contributed by atoms with van der Waals surface area (Å²) in [5.41, 5.74) is 2.23. The van der Waals surface area contributed by atoms with E-state index >= 15 is 0 Å². The lowest BCUT2D eigenvalue weighted by Crippen LogP contribution is -2.46. The maximum absolute atomic E-state index is 6.11. The highest BCUT2D eigenvalue weighted by molar-refractivity contribution is 5.39. The maximum atomic E-state index is 6.11. The van der Waals surface area contributed by atoms with Crippen LogP contribution in [0, 0.1) is 6.92 Å². The van der Waals surface area contributed by atoms with Crippen LogP contribution in [-0.4, -0.2) is 25.8 Å². The van der Waals surface area contributed by atoms with Crippen molar-refractivity contribution in [3.8, 4) is 5.75 Å². The lowest BCUT2D eigenvalue weighted by Gasteiger charge is -2.37. The topological polar surface area (TPSA) is 30.5 Å². The van der Waals surface area contributed by atoms with Gasteiger partial charge in [-0.05, 0) is 32.9 Å². The molecule has 0 bridgehead atoms. The SMILES string of the molecule is COc1ccc(C)cc1C1CNCC(C)(C)O1. The van der Waals surface area contributed by atoms with Gasteiger partial charge in [-0.1, -0.05) is 11.6 Å². The van der Waals surface area contributed by atoms with Crippen LogP contribution >= 0.6 is 0 Å². The van der Waals surface area contributed by atoms with Gasteiger partial charge in [0.05, 0.1) is 18.8 Å². The Morgan fingerprint density at radius 2 is 2.18 bits per heavy atom. The normalized spacial score (nSPS) is 23.4. The van der Waals surface area contributed by atoms with Crippen molar-refractivity contribution in [1.29, 1.82) is 0 Å². The first kappa shape index (κ1) is 12.4. The van der Waals surface area contributed by atoms with Gasteiger partial charge in [0.25, 0.3) is 0 Å². The zero-order valence-electron chi connectivity index (χ0n) is 11.0. The van der Waals surface area contributed by atoms with Crippen LogP contribution in [0.2, 0.25) is 0 Å². The average molecular weight is 235 g/mol. The van der Waals surface area contributed by atoms with Crippen molar-refractivity contribution in [3.05, 3.63) is 29.3 Å². The molecule has 1 aromatic rings. The molecule has 1 aromatic carbocycles. The predicted octanol–water partition coefficient (Wildman–Crippen LogP) is 2.44. The van der Waals surface area contributed by atoms with Crippen LogP contribution in [0.15, 0.2) is 18.2 Å². The lowest BCUT2D eigenvalue weighted by molar-refractivity contribution is -0.0964. The van der Waals surface area contributed by atoms with Gasteiger partial charge in [0.2, 0.25) is 0 Å². The molecule has 1 heterocycles. The van der Waals surface area contributed by atoms with Gasteiger partial charge in [-0.2, -0.15) is 0 Å². The van der Waals surface area contributed by atoms with E-state index in [1.165, 1.54) is 5.56 Å². The van der Waals surface area contributed by atoms with Gasteiger partial charge in [-0.3, -0.25) is 0 Å². The summed E-state index contributed by atoms with van der Waals surface area (Å²) in [4.78, 5) is 0. The maximum Gasteiger partial charge on any atom is 0.124 e. The highest BCUT2D eigenvalue weighted by Gasteiger charge is 2.30. The summed E-state index contributed by atoms with van der Waals surface area (Å²) >= 11 is 0. The Hall–Kier alpha value is -1.06. The standard InChI is InChI=1S/C14H21NO2/c1-10-5-6-12(16-4)11(7-10)13-8-15-9-14(2,3)17-13/h5-7,13,15H,8-9H2,1-4H3. The fourth-order valence-corrected chi connectivity index (χ4v) is 2.25. The Balaban J connectivity index is 2.29. The average Bonchev–Trinajstić information content (AvgIpc) is 2.27. The van der Waals surface area contributed by atoms with Crippen LogP contribution in [-0.2, 0) is 4.74 Å². The molecule has 1 atom stereocenters. The van der Waals surface area contributed by atoms with Crippen molar-refractivity contribution in [2.75, 3.05) is 20.2 Å². The minimum atomic E-state index is -0.127. The molecule has 2 rings (SSSR count). The van der Waals surface area contributed by atoms with E-state index in [9.17, 15) is 0 Å². The number of hydrogen-bond acceptors (Lipinski definition) is 3. The number of methoxy groups -OCH3 is 1. The first-order chi connectivity index (χ1) is 8.02. The molecule has 0 aliphatic carbocycles. The molecule has 1 N–H and O–H groups in total. The third kappa shape index (κ3) is 2.79. The molecular formula is C14H21NO2. The van der Waals surface area contributed by atoms with E-state index in [1.54, 1.807) is 7.11 Å². The summed E-state index contributed by atoms with van der Waals surface area (Å²) in [5.74, 6) is 0.903. The fraction of sp³-hybridized carbons (Fsp3) is 0.571.